The van der Waals surface area contributed by atoms with Gasteiger partial charge in [0.15, 0.2) is 6.29 Å². The molecule has 2 fully saturated rings. The lowest BCUT2D eigenvalue weighted by atomic mass is 9.98. The Hall–Kier alpha value is -4.14. The number of likely N-dealkylation sites (tertiary alicyclic amines) is 1. The van der Waals surface area contributed by atoms with E-state index in [-0.39, 0.29) is 37.2 Å². The highest BCUT2D eigenvalue weighted by molar-refractivity contribution is 6.21. The number of amides is 2. The minimum absolute atomic E-state index is 0.0153. The molecule has 3 atom stereocenters. The van der Waals surface area contributed by atoms with Gasteiger partial charge in [-0.25, -0.2) is 0 Å². The van der Waals surface area contributed by atoms with Crippen molar-refractivity contribution in [1.29, 1.82) is 0 Å². The van der Waals surface area contributed by atoms with Crippen LogP contribution in [0.4, 0.5) is 0 Å². The molecule has 4 aromatic carbocycles. The van der Waals surface area contributed by atoms with Gasteiger partial charge in [-0.05, 0) is 78.0 Å². The third kappa shape index (κ3) is 7.09. The number of carbonyl (C=O) groups is 2. The molecular formula is C40H42N2O5. The summed E-state index contributed by atoms with van der Waals surface area (Å²) < 4.78 is 13.4. The second kappa shape index (κ2) is 14.3. The Morgan fingerprint density at radius 3 is 2.02 bits per heavy atom. The van der Waals surface area contributed by atoms with Crippen LogP contribution in [0, 0.1) is 0 Å². The monoisotopic (exact) mass is 630 g/mol. The molecule has 0 saturated carbocycles. The van der Waals surface area contributed by atoms with Gasteiger partial charge in [0.1, 0.15) is 0 Å². The Bertz CT molecular complexity index is 1680. The van der Waals surface area contributed by atoms with E-state index in [1.54, 1.807) is 24.3 Å². The van der Waals surface area contributed by atoms with E-state index in [0.29, 0.717) is 11.1 Å². The maximum Gasteiger partial charge on any atom is 0.261 e. The SMILES string of the molecule is O=C1c2ccccc2C(=O)N1Cc1cccc(-c2cccc(C3OC(CN4CCCCCCC4)CC(c4ccc(CO)cc4)O3)c2)c1. The first kappa shape index (κ1) is 31.5. The van der Waals surface area contributed by atoms with Crippen molar-refractivity contribution in [2.45, 2.75) is 70.2 Å². The number of benzene rings is 4. The van der Waals surface area contributed by atoms with Crippen LogP contribution in [-0.2, 0) is 22.6 Å². The van der Waals surface area contributed by atoms with E-state index in [1.165, 1.54) is 37.0 Å². The zero-order valence-electron chi connectivity index (χ0n) is 26.7. The van der Waals surface area contributed by atoms with Crippen LogP contribution in [0.25, 0.3) is 11.1 Å². The summed E-state index contributed by atoms with van der Waals surface area (Å²) in [5, 5.41) is 9.58. The number of hydrogen-bond acceptors (Lipinski definition) is 6. The topological polar surface area (TPSA) is 79.3 Å². The van der Waals surface area contributed by atoms with E-state index in [9.17, 15) is 14.7 Å². The first-order valence-corrected chi connectivity index (χ1v) is 16.9. The van der Waals surface area contributed by atoms with E-state index in [0.717, 1.165) is 59.4 Å². The number of hydrogen-bond donors (Lipinski definition) is 1. The number of ether oxygens (including phenoxy) is 2. The molecule has 7 rings (SSSR count). The fraction of sp³-hybridized carbons (Fsp3) is 0.350. The Kier molecular flexibility index (Phi) is 9.58. The summed E-state index contributed by atoms with van der Waals surface area (Å²) >= 11 is 0. The van der Waals surface area contributed by atoms with Crippen molar-refractivity contribution in [1.82, 2.24) is 9.80 Å². The molecule has 47 heavy (non-hydrogen) atoms. The van der Waals surface area contributed by atoms with Crippen molar-refractivity contribution in [3.63, 3.8) is 0 Å². The maximum absolute atomic E-state index is 13.0. The molecule has 7 nitrogen and oxygen atoms in total. The predicted molar refractivity (Wildman–Crippen MR) is 180 cm³/mol. The third-order valence-corrected chi connectivity index (χ3v) is 9.66. The fourth-order valence-corrected chi connectivity index (χ4v) is 7.10. The normalized spacial score (nSPS) is 22.1. The van der Waals surface area contributed by atoms with Gasteiger partial charge in [0.05, 0.1) is 36.5 Å². The number of carbonyl (C=O) groups excluding carboxylic acids is 2. The van der Waals surface area contributed by atoms with Crippen molar-refractivity contribution in [3.8, 4) is 11.1 Å². The lowest BCUT2D eigenvalue weighted by Crippen LogP contribution is -2.40. The first-order valence-electron chi connectivity index (χ1n) is 16.9. The van der Waals surface area contributed by atoms with Crippen LogP contribution >= 0.6 is 0 Å². The van der Waals surface area contributed by atoms with E-state index < -0.39 is 6.29 Å². The molecule has 7 heteroatoms. The van der Waals surface area contributed by atoms with Gasteiger partial charge >= 0.3 is 0 Å². The second-order valence-electron chi connectivity index (χ2n) is 13.0. The lowest BCUT2D eigenvalue weighted by Gasteiger charge is -2.39. The summed E-state index contributed by atoms with van der Waals surface area (Å²) in [4.78, 5) is 29.9. The quantitative estimate of drug-likeness (QED) is 0.204. The second-order valence-corrected chi connectivity index (χ2v) is 13.0. The molecule has 242 valence electrons. The van der Waals surface area contributed by atoms with E-state index >= 15 is 0 Å². The summed E-state index contributed by atoms with van der Waals surface area (Å²) in [6.07, 6.45) is 6.49. The van der Waals surface area contributed by atoms with Gasteiger partial charge in [0.25, 0.3) is 11.8 Å². The number of rotatable bonds is 8. The molecule has 1 N–H and O–H groups in total. The molecule has 2 saturated heterocycles. The molecule has 0 aliphatic carbocycles. The van der Waals surface area contributed by atoms with Crippen LogP contribution in [0.5, 0.6) is 0 Å². The lowest BCUT2D eigenvalue weighted by molar-refractivity contribution is -0.253. The highest BCUT2D eigenvalue weighted by atomic mass is 16.7. The van der Waals surface area contributed by atoms with Crippen LogP contribution < -0.4 is 0 Å². The van der Waals surface area contributed by atoms with Crippen molar-refractivity contribution in [2.75, 3.05) is 19.6 Å². The summed E-state index contributed by atoms with van der Waals surface area (Å²) in [7, 11) is 0. The van der Waals surface area contributed by atoms with Crippen LogP contribution in [0.1, 0.15) is 93.9 Å². The van der Waals surface area contributed by atoms with Gasteiger partial charge in [0, 0.05) is 18.5 Å². The summed E-state index contributed by atoms with van der Waals surface area (Å²) in [6.45, 7) is 3.32. The standard InChI is InChI=1S/C40H42N2O5/c43-27-28-16-18-30(19-17-28)37-24-34(26-41-20-6-2-1-3-7-21-41)46-40(47-37)33-13-9-12-32(23-33)31-11-8-10-29(22-31)25-42-38(44)35-14-4-5-15-36(35)39(42)45/h4-5,8-19,22-23,34,37,40,43H,1-3,6-7,20-21,24-27H2. The van der Waals surface area contributed by atoms with E-state index in [1.807, 2.05) is 42.5 Å². The molecule has 0 spiro atoms. The van der Waals surface area contributed by atoms with E-state index in [2.05, 4.69) is 35.2 Å². The zero-order valence-corrected chi connectivity index (χ0v) is 26.7. The number of nitrogens with zero attached hydrogens (tertiary/aromatic N) is 2. The minimum atomic E-state index is -0.535. The molecule has 2 amide bonds. The van der Waals surface area contributed by atoms with E-state index in [4.69, 9.17) is 9.47 Å². The van der Waals surface area contributed by atoms with Crippen molar-refractivity contribution in [3.05, 3.63) is 130 Å². The molecule has 0 bridgehead atoms. The molecule has 0 aromatic heterocycles. The van der Waals surface area contributed by atoms with Crippen LogP contribution in [-0.4, -0.2) is 52.5 Å². The minimum Gasteiger partial charge on any atom is -0.392 e. The average molecular weight is 631 g/mol. The van der Waals surface area contributed by atoms with Crippen LogP contribution in [0.2, 0.25) is 0 Å². The molecule has 3 unspecified atom stereocenters. The summed E-state index contributed by atoms with van der Waals surface area (Å²) in [5.41, 5.74) is 6.72. The average Bonchev–Trinajstić information content (AvgIpc) is 3.34. The van der Waals surface area contributed by atoms with Crippen molar-refractivity contribution < 1.29 is 24.2 Å². The smallest absolute Gasteiger partial charge is 0.261 e. The molecule has 3 aliphatic heterocycles. The molecule has 0 radical (unpaired) electrons. The summed E-state index contributed by atoms with van der Waals surface area (Å²) in [6, 6.07) is 31.3. The summed E-state index contributed by atoms with van der Waals surface area (Å²) in [5.74, 6) is -0.508. The van der Waals surface area contributed by atoms with Gasteiger partial charge in [-0.15, -0.1) is 0 Å². The van der Waals surface area contributed by atoms with Gasteiger partial charge in [-0.3, -0.25) is 14.5 Å². The van der Waals surface area contributed by atoms with Gasteiger partial charge in [-0.1, -0.05) is 92.1 Å². The number of aliphatic hydroxyl groups excluding tert-OH is 1. The van der Waals surface area contributed by atoms with Crippen molar-refractivity contribution in [2.24, 2.45) is 0 Å². The highest BCUT2D eigenvalue weighted by Crippen LogP contribution is 2.39. The molecule has 3 heterocycles. The van der Waals surface area contributed by atoms with Gasteiger partial charge in [-0.2, -0.15) is 0 Å². The number of aliphatic hydroxyl groups is 1. The largest absolute Gasteiger partial charge is 0.392 e. The van der Waals surface area contributed by atoms with Crippen molar-refractivity contribution >= 4 is 11.8 Å². The van der Waals surface area contributed by atoms with Gasteiger partial charge in [0.2, 0.25) is 0 Å². The Morgan fingerprint density at radius 2 is 1.32 bits per heavy atom. The van der Waals surface area contributed by atoms with Crippen LogP contribution in [0.3, 0.4) is 0 Å². The molecular weight excluding hydrogens is 588 g/mol. The molecule has 4 aromatic rings. The zero-order chi connectivity index (χ0) is 32.2. The molecule has 3 aliphatic rings. The Labute approximate surface area is 276 Å². The Morgan fingerprint density at radius 1 is 0.660 bits per heavy atom. The van der Waals surface area contributed by atoms with Crippen LogP contribution in [0.15, 0.2) is 97.1 Å². The Balaban J connectivity index is 1.11. The fourth-order valence-electron chi connectivity index (χ4n) is 7.10. The third-order valence-electron chi connectivity index (χ3n) is 9.66. The number of imide groups is 1. The highest BCUT2D eigenvalue weighted by Gasteiger charge is 2.35. The first-order chi connectivity index (χ1) is 23.1. The maximum atomic E-state index is 13.0. The predicted octanol–water partition coefficient (Wildman–Crippen LogP) is 7.45. The van der Waals surface area contributed by atoms with Gasteiger partial charge < -0.3 is 19.5 Å². The number of fused-ring (bicyclic) bond motifs is 1.